The van der Waals surface area contributed by atoms with Crippen LogP contribution < -0.4 is 5.32 Å². The number of ether oxygens (including phenoxy) is 1. The molecule has 22 heavy (non-hydrogen) atoms. The largest absolute Gasteiger partial charge is 0.379 e. The average molecular weight is 322 g/mol. The molecular formula is C14H16ClN5O2. The van der Waals surface area contributed by atoms with Crippen LogP contribution in [0.1, 0.15) is 0 Å². The monoisotopic (exact) mass is 321 g/mol. The highest BCUT2D eigenvalue weighted by molar-refractivity contribution is 6.31. The fraction of sp³-hybridized carbons (Fsp3) is 0.357. The van der Waals surface area contributed by atoms with Crippen molar-refractivity contribution in [3.8, 4) is 5.69 Å². The number of nitrogens with zero attached hydrogens (tertiary/aromatic N) is 4. The summed E-state index contributed by atoms with van der Waals surface area (Å²) in [7, 11) is 0. The summed E-state index contributed by atoms with van der Waals surface area (Å²) >= 11 is 6.03. The molecule has 0 saturated carbocycles. The van der Waals surface area contributed by atoms with Gasteiger partial charge in [-0.15, -0.1) is 0 Å². The number of hydrogen-bond donors (Lipinski definition) is 1. The van der Waals surface area contributed by atoms with Crippen LogP contribution in [0, 0.1) is 0 Å². The first-order valence-corrected chi connectivity index (χ1v) is 7.35. The van der Waals surface area contributed by atoms with Gasteiger partial charge in [-0.05, 0) is 18.2 Å². The van der Waals surface area contributed by atoms with Crippen LogP contribution in [-0.4, -0.2) is 58.4 Å². The first-order chi connectivity index (χ1) is 10.7. The summed E-state index contributed by atoms with van der Waals surface area (Å²) in [5, 5.41) is 7.52. The van der Waals surface area contributed by atoms with Gasteiger partial charge in [-0.1, -0.05) is 11.6 Å². The molecule has 1 aromatic heterocycles. The Labute approximate surface area is 132 Å². The lowest BCUT2D eigenvalue weighted by Gasteiger charge is -2.26. The van der Waals surface area contributed by atoms with Gasteiger partial charge < -0.3 is 10.1 Å². The van der Waals surface area contributed by atoms with Gasteiger partial charge in [0.25, 0.3) is 0 Å². The zero-order valence-electron chi connectivity index (χ0n) is 11.9. The summed E-state index contributed by atoms with van der Waals surface area (Å²) in [4.78, 5) is 18.2. The van der Waals surface area contributed by atoms with Gasteiger partial charge in [-0.25, -0.2) is 9.67 Å². The molecule has 3 rings (SSSR count). The number of carbonyl (C=O) groups is 1. The highest BCUT2D eigenvalue weighted by Crippen LogP contribution is 2.23. The number of benzene rings is 1. The van der Waals surface area contributed by atoms with E-state index in [2.05, 4.69) is 20.3 Å². The minimum Gasteiger partial charge on any atom is -0.379 e. The Morgan fingerprint density at radius 3 is 2.91 bits per heavy atom. The standard InChI is InChI=1S/C14H16ClN5O2/c15-11-1-2-13(20-10-16-9-17-20)12(7-11)18-14(21)8-19-3-5-22-6-4-19/h1-2,7,9-10H,3-6,8H2,(H,18,21). The lowest BCUT2D eigenvalue weighted by Crippen LogP contribution is -2.41. The van der Waals surface area contributed by atoms with E-state index in [0.717, 1.165) is 18.8 Å². The number of anilines is 1. The number of morpholine rings is 1. The molecule has 116 valence electrons. The number of rotatable bonds is 4. The van der Waals surface area contributed by atoms with Crippen LogP contribution in [0.4, 0.5) is 5.69 Å². The summed E-state index contributed by atoms with van der Waals surface area (Å²) < 4.78 is 6.86. The smallest absolute Gasteiger partial charge is 0.238 e. The fourth-order valence-electron chi connectivity index (χ4n) is 2.29. The van der Waals surface area contributed by atoms with Crippen LogP contribution in [0.15, 0.2) is 30.9 Å². The van der Waals surface area contributed by atoms with E-state index < -0.39 is 0 Å². The second kappa shape index (κ2) is 6.87. The Bertz CT molecular complexity index is 641. The Kier molecular flexibility index (Phi) is 4.67. The van der Waals surface area contributed by atoms with Gasteiger partial charge in [-0.2, -0.15) is 5.10 Å². The first kappa shape index (κ1) is 15.0. The second-order valence-electron chi connectivity index (χ2n) is 4.94. The Morgan fingerprint density at radius 2 is 2.18 bits per heavy atom. The molecule has 1 N–H and O–H groups in total. The first-order valence-electron chi connectivity index (χ1n) is 6.97. The highest BCUT2D eigenvalue weighted by atomic mass is 35.5. The number of aromatic nitrogens is 3. The minimum atomic E-state index is -0.0921. The SMILES string of the molecule is O=C(CN1CCOCC1)Nc1cc(Cl)ccc1-n1cncn1. The third-order valence-corrected chi connectivity index (χ3v) is 3.60. The van der Waals surface area contributed by atoms with Crippen molar-refractivity contribution in [2.45, 2.75) is 0 Å². The van der Waals surface area contributed by atoms with Crippen molar-refractivity contribution in [1.29, 1.82) is 0 Å². The van der Waals surface area contributed by atoms with Crippen LogP contribution >= 0.6 is 11.6 Å². The molecule has 1 aliphatic rings. The third-order valence-electron chi connectivity index (χ3n) is 3.37. The van der Waals surface area contributed by atoms with Crippen molar-refractivity contribution in [2.75, 3.05) is 38.2 Å². The summed E-state index contributed by atoms with van der Waals surface area (Å²) in [6.45, 7) is 3.17. The predicted octanol–water partition coefficient (Wildman–Crippen LogP) is 1.19. The number of halogens is 1. The highest BCUT2D eigenvalue weighted by Gasteiger charge is 2.16. The van der Waals surface area contributed by atoms with Gasteiger partial charge in [0.15, 0.2) is 0 Å². The Hall–Kier alpha value is -1.96. The minimum absolute atomic E-state index is 0.0921. The van der Waals surface area contributed by atoms with E-state index in [1.807, 2.05) is 0 Å². The fourth-order valence-corrected chi connectivity index (χ4v) is 2.46. The molecular weight excluding hydrogens is 306 g/mol. The molecule has 0 atom stereocenters. The molecule has 1 saturated heterocycles. The molecule has 0 aliphatic carbocycles. The number of carbonyl (C=O) groups excluding carboxylic acids is 1. The molecule has 0 unspecified atom stereocenters. The third kappa shape index (κ3) is 3.62. The maximum Gasteiger partial charge on any atom is 0.238 e. The van der Waals surface area contributed by atoms with Crippen molar-refractivity contribution in [3.63, 3.8) is 0 Å². The van der Waals surface area contributed by atoms with E-state index in [0.29, 0.717) is 30.5 Å². The normalized spacial score (nSPS) is 15.7. The Morgan fingerprint density at radius 1 is 1.36 bits per heavy atom. The molecule has 1 amide bonds. The van der Waals surface area contributed by atoms with Crippen molar-refractivity contribution in [2.24, 2.45) is 0 Å². The molecule has 7 nitrogen and oxygen atoms in total. The van der Waals surface area contributed by atoms with Crippen molar-refractivity contribution < 1.29 is 9.53 Å². The number of hydrogen-bond acceptors (Lipinski definition) is 5. The van der Waals surface area contributed by atoms with Crippen molar-refractivity contribution in [3.05, 3.63) is 35.9 Å². The summed E-state index contributed by atoms with van der Waals surface area (Å²) in [5.74, 6) is -0.0921. The molecule has 2 heterocycles. The van der Waals surface area contributed by atoms with Gasteiger partial charge in [0.1, 0.15) is 12.7 Å². The molecule has 8 heteroatoms. The van der Waals surface area contributed by atoms with Crippen molar-refractivity contribution in [1.82, 2.24) is 19.7 Å². The molecule has 0 bridgehead atoms. The van der Waals surface area contributed by atoms with E-state index >= 15 is 0 Å². The van der Waals surface area contributed by atoms with Crippen molar-refractivity contribution >= 4 is 23.2 Å². The molecule has 1 fully saturated rings. The Balaban J connectivity index is 1.73. The maximum absolute atomic E-state index is 12.2. The zero-order chi connectivity index (χ0) is 15.4. The van der Waals surface area contributed by atoms with Crippen LogP contribution in [0.3, 0.4) is 0 Å². The average Bonchev–Trinajstić information content (AvgIpc) is 3.02. The number of amides is 1. The zero-order valence-corrected chi connectivity index (χ0v) is 12.7. The maximum atomic E-state index is 12.2. The predicted molar refractivity (Wildman–Crippen MR) is 82.3 cm³/mol. The number of nitrogens with one attached hydrogen (secondary N) is 1. The van der Waals surface area contributed by atoms with Crippen LogP contribution in [0.2, 0.25) is 5.02 Å². The van der Waals surface area contributed by atoms with E-state index in [1.165, 1.54) is 6.33 Å². The lowest BCUT2D eigenvalue weighted by molar-refractivity contribution is -0.118. The van der Waals surface area contributed by atoms with E-state index in [9.17, 15) is 4.79 Å². The topological polar surface area (TPSA) is 72.3 Å². The molecule has 1 aromatic carbocycles. The molecule has 0 spiro atoms. The van der Waals surface area contributed by atoms with Crippen LogP contribution in [0.25, 0.3) is 5.69 Å². The van der Waals surface area contributed by atoms with Gasteiger partial charge in [0.2, 0.25) is 5.91 Å². The van der Waals surface area contributed by atoms with Gasteiger partial charge in [0, 0.05) is 18.1 Å². The second-order valence-corrected chi connectivity index (χ2v) is 5.37. The molecule has 1 aliphatic heterocycles. The van der Waals surface area contributed by atoms with E-state index in [-0.39, 0.29) is 5.91 Å². The molecule has 2 aromatic rings. The quantitative estimate of drug-likeness (QED) is 0.916. The summed E-state index contributed by atoms with van der Waals surface area (Å²) in [5.41, 5.74) is 1.33. The van der Waals surface area contributed by atoms with Gasteiger partial charge >= 0.3 is 0 Å². The lowest BCUT2D eigenvalue weighted by atomic mass is 10.2. The van der Waals surface area contributed by atoms with Gasteiger partial charge in [0.05, 0.1) is 31.1 Å². The van der Waals surface area contributed by atoms with E-state index in [4.69, 9.17) is 16.3 Å². The van der Waals surface area contributed by atoms with Crippen LogP contribution in [0.5, 0.6) is 0 Å². The summed E-state index contributed by atoms with van der Waals surface area (Å²) in [6.07, 6.45) is 3.01. The summed E-state index contributed by atoms with van der Waals surface area (Å²) in [6, 6.07) is 5.24. The van der Waals surface area contributed by atoms with Gasteiger partial charge in [-0.3, -0.25) is 9.69 Å². The van der Waals surface area contributed by atoms with E-state index in [1.54, 1.807) is 29.2 Å². The van der Waals surface area contributed by atoms with Crippen LogP contribution in [-0.2, 0) is 9.53 Å². The molecule has 0 radical (unpaired) electrons.